The van der Waals surface area contributed by atoms with E-state index in [2.05, 4.69) is 29.1 Å². The Kier molecular flexibility index (Phi) is 7.59. The van der Waals surface area contributed by atoms with Crippen molar-refractivity contribution in [1.82, 2.24) is 9.97 Å². The van der Waals surface area contributed by atoms with Crippen molar-refractivity contribution >= 4 is 35.1 Å². The molecule has 0 fully saturated rings. The van der Waals surface area contributed by atoms with Crippen molar-refractivity contribution in [3.8, 4) is 5.75 Å². The average molecular weight is 394 g/mol. The SMILES string of the molecule is COc1ccccc1NC(=O)C(C)Sc1nc(CSC(C)C)cc(=O)[nH]1. The molecule has 0 saturated carbocycles. The average Bonchev–Trinajstić information content (AvgIpc) is 2.60. The van der Waals surface area contributed by atoms with Crippen molar-refractivity contribution in [3.05, 3.63) is 46.4 Å². The Balaban J connectivity index is 2.05. The lowest BCUT2D eigenvalue weighted by molar-refractivity contribution is -0.115. The normalized spacial score (nSPS) is 12.0. The Morgan fingerprint density at radius 1 is 1.31 bits per heavy atom. The minimum absolute atomic E-state index is 0.191. The quantitative estimate of drug-likeness (QED) is 0.527. The number of nitrogens with one attached hydrogen (secondary N) is 2. The first-order valence-corrected chi connectivity index (χ1v) is 10.1. The van der Waals surface area contributed by atoms with Gasteiger partial charge in [-0.2, -0.15) is 11.8 Å². The third-order valence-electron chi connectivity index (χ3n) is 3.36. The van der Waals surface area contributed by atoms with Crippen LogP contribution in [0.2, 0.25) is 0 Å². The molecule has 0 bridgehead atoms. The van der Waals surface area contributed by atoms with Crippen LogP contribution in [0.3, 0.4) is 0 Å². The van der Waals surface area contributed by atoms with E-state index in [-0.39, 0.29) is 11.5 Å². The number of benzene rings is 1. The summed E-state index contributed by atoms with van der Waals surface area (Å²) in [4.78, 5) is 31.4. The van der Waals surface area contributed by atoms with E-state index in [1.54, 1.807) is 37.9 Å². The molecule has 26 heavy (non-hydrogen) atoms. The van der Waals surface area contributed by atoms with Crippen LogP contribution in [-0.2, 0) is 10.5 Å². The number of anilines is 1. The number of H-pyrrole nitrogens is 1. The zero-order chi connectivity index (χ0) is 19.1. The third-order valence-corrected chi connectivity index (χ3v) is 5.47. The fraction of sp³-hybridized carbons (Fsp3) is 0.389. The molecular weight excluding hydrogens is 370 g/mol. The van der Waals surface area contributed by atoms with E-state index in [0.29, 0.717) is 33.3 Å². The highest BCUT2D eigenvalue weighted by atomic mass is 32.2. The molecule has 1 unspecified atom stereocenters. The van der Waals surface area contributed by atoms with Gasteiger partial charge in [0.2, 0.25) is 5.91 Å². The number of thioether (sulfide) groups is 2. The Bertz CT molecular complexity index is 808. The summed E-state index contributed by atoms with van der Waals surface area (Å²) >= 11 is 2.93. The largest absolute Gasteiger partial charge is 0.495 e. The number of aromatic nitrogens is 2. The summed E-state index contributed by atoms with van der Waals surface area (Å²) in [6.07, 6.45) is 0. The minimum Gasteiger partial charge on any atom is -0.495 e. The molecule has 0 aliphatic rings. The molecule has 6 nitrogen and oxygen atoms in total. The van der Waals surface area contributed by atoms with Crippen molar-refractivity contribution < 1.29 is 9.53 Å². The van der Waals surface area contributed by atoms with Crippen molar-refractivity contribution in [2.24, 2.45) is 0 Å². The molecule has 0 aliphatic heterocycles. The number of hydrogen-bond donors (Lipinski definition) is 2. The van der Waals surface area contributed by atoms with Crippen LogP contribution in [0.1, 0.15) is 26.5 Å². The molecular formula is C18H23N3O3S2. The van der Waals surface area contributed by atoms with Crippen LogP contribution in [0.15, 0.2) is 40.3 Å². The number of carbonyl (C=O) groups excluding carboxylic acids is 1. The van der Waals surface area contributed by atoms with Crippen molar-refractivity contribution in [2.75, 3.05) is 12.4 Å². The molecule has 0 saturated heterocycles. The molecule has 1 heterocycles. The van der Waals surface area contributed by atoms with Gasteiger partial charge in [-0.05, 0) is 24.3 Å². The van der Waals surface area contributed by atoms with E-state index in [1.165, 1.54) is 17.8 Å². The number of amides is 1. The van der Waals surface area contributed by atoms with Gasteiger partial charge in [0.1, 0.15) is 5.75 Å². The monoisotopic (exact) mass is 393 g/mol. The molecule has 0 radical (unpaired) electrons. The highest BCUT2D eigenvalue weighted by Crippen LogP contribution is 2.26. The highest BCUT2D eigenvalue weighted by molar-refractivity contribution is 8.00. The molecule has 8 heteroatoms. The first kappa shape index (κ1) is 20.4. The molecule has 2 rings (SSSR count). The van der Waals surface area contributed by atoms with Gasteiger partial charge in [0.05, 0.1) is 23.7 Å². The van der Waals surface area contributed by atoms with Crippen LogP contribution >= 0.6 is 23.5 Å². The van der Waals surface area contributed by atoms with Gasteiger partial charge in [0.25, 0.3) is 5.56 Å². The Morgan fingerprint density at radius 2 is 2.04 bits per heavy atom. The number of methoxy groups -OCH3 is 1. The maximum absolute atomic E-state index is 12.5. The summed E-state index contributed by atoms with van der Waals surface area (Å²) in [5, 5.41) is 3.31. The Hall–Kier alpha value is -1.93. The number of carbonyl (C=O) groups is 1. The number of para-hydroxylation sites is 2. The lowest BCUT2D eigenvalue weighted by Crippen LogP contribution is -2.23. The zero-order valence-corrected chi connectivity index (χ0v) is 16.9. The molecule has 2 aromatic rings. The maximum Gasteiger partial charge on any atom is 0.251 e. The van der Waals surface area contributed by atoms with Crippen molar-refractivity contribution in [3.63, 3.8) is 0 Å². The van der Waals surface area contributed by atoms with Crippen LogP contribution < -0.4 is 15.6 Å². The minimum atomic E-state index is -0.434. The van der Waals surface area contributed by atoms with Gasteiger partial charge in [-0.25, -0.2) is 4.98 Å². The summed E-state index contributed by atoms with van der Waals surface area (Å²) in [6, 6.07) is 8.71. The number of rotatable bonds is 8. The summed E-state index contributed by atoms with van der Waals surface area (Å²) in [7, 11) is 1.55. The summed E-state index contributed by atoms with van der Waals surface area (Å²) in [5.41, 5.74) is 1.11. The molecule has 1 amide bonds. The number of hydrogen-bond acceptors (Lipinski definition) is 6. The van der Waals surface area contributed by atoms with Gasteiger partial charge in [-0.3, -0.25) is 9.59 Å². The van der Waals surface area contributed by atoms with Crippen LogP contribution in [0.4, 0.5) is 5.69 Å². The smallest absolute Gasteiger partial charge is 0.251 e. The molecule has 140 valence electrons. The fourth-order valence-corrected chi connectivity index (χ4v) is 3.55. The Morgan fingerprint density at radius 3 is 2.73 bits per heavy atom. The topological polar surface area (TPSA) is 84.1 Å². The second-order valence-corrected chi connectivity index (χ2v) is 8.75. The predicted molar refractivity (Wildman–Crippen MR) is 108 cm³/mol. The van der Waals surface area contributed by atoms with Crippen LogP contribution in [0.5, 0.6) is 5.75 Å². The van der Waals surface area contributed by atoms with Gasteiger partial charge < -0.3 is 15.0 Å². The summed E-state index contributed by atoms with van der Waals surface area (Å²) < 4.78 is 5.24. The fourth-order valence-electron chi connectivity index (χ4n) is 2.07. The first-order valence-electron chi connectivity index (χ1n) is 8.21. The van der Waals surface area contributed by atoms with Gasteiger partial charge >= 0.3 is 0 Å². The second-order valence-electron chi connectivity index (χ2n) is 5.85. The third kappa shape index (κ3) is 6.10. The van der Waals surface area contributed by atoms with Crippen LogP contribution in [0.25, 0.3) is 0 Å². The van der Waals surface area contributed by atoms with E-state index in [4.69, 9.17) is 4.74 Å². The maximum atomic E-state index is 12.5. The number of nitrogens with zero attached hydrogens (tertiary/aromatic N) is 1. The van der Waals surface area contributed by atoms with Crippen LogP contribution in [0, 0.1) is 0 Å². The molecule has 0 spiro atoms. The van der Waals surface area contributed by atoms with E-state index < -0.39 is 5.25 Å². The molecule has 2 N–H and O–H groups in total. The van der Waals surface area contributed by atoms with Gasteiger partial charge in [0.15, 0.2) is 5.16 Å². The van der Waals surface area contributed by atoms with E-state index in [1.807, 2.05) is 12.1 Å². The lowest BCUT2D eigenvalue weighted by atomic mass is 10.3. The molecule has 0 aliphatic carbocycles. The van der Waals surface area contributed by atoms with Gasteiger partial charge in [0, 0.05) is 11.8 Å². The lowest BCUT2D eigenvalue weighted by Gasteiger charge is -2.14. The number of aromatic amines is 1. The van der Waals surface area contributed by atoms with Crippen molar-refractivity contribution in [1.29, 1.82) is 0 Å². The van der Waals surface area contributed by atoms with E-state index in [0.717, 1.165) is 0 Å². The Labute approximate surface area is 161 Å². The second kappa shape index (κ2) is 9.68. The predicted octanol–water partition coefficient (Wildman–Crippen LogP) is 3.54. The van der Waals surface area contributed by atoms with Crippen LogP contribution in [-0.4, -0.2) is 33.5 Å². The summed E-state index contributed by atoms with van der Waals surface area (Å²) in [5.74, 6) is 1.07. The standard InChI is InChI=1S/C18H23N3O3S2/c1-11(2)25-10-13-9-16(22)21-18(19-13)26-12(3)17(23)20-14-7-5-6-8-15(14)24-4/h5-9,11-12H,10H2,1-4H3,(H,20,23)(H,19,21,22). The van der Waals surface area contributed by atoms with Crippen molar-refractivity contribution in [2.45, 2.75) is 42.2 Å². The molecule has 1 atom stereocenters. The highest BCUT2D eigenvalue weighted by Gasteiger charge is 2.18. The van der Waals surface area contributed by atoms with E-state index >= 15 is 0 Å². The molecule has 1 aromatic carbocycles. The summed E-state index contributed by atoms with van der Waals surface area (Å²) in [6.45, 7) is 5.96. The zero-order valence-electron chi connectivity index (χ0n) is 15.2. The first-order chi connectivity index (χ1) is 12.4. The van der Waals surface area contributed by atoms with Gasteiger partial charge in [-0.1, -0.05) is 37.7 Å². The molecule has 1 aromatic heterocycles. The van der Waals surface area contributed by atoms with E-state index in [9.17, 15) is 9.59 Å². The number of ether oxygens (including phenoxy) is 1. The van der Waals surface area contributed by atoms with Gasteiger partial charge in [-0.15, -0.1) is 0 Å².